The molecule has 7 heteroatoms. The van der Waals surface area contributed by atoms with Gasteiger partial charge in [0.05, 0.1) is 5.69 Å². The lowest BCUT2D eigenvalue weighted by Crippen LogP contribution is -2.31. The number of alkyl halides is 3. The van der Waals surface area contributed by atoms with Crippen molar-refractivity contribution in [1.82, 2.24) is 15.5 Å². The van der Waals surface area contributed by atoms with Crippen molar-refractivity contribution in [3.05, 3.63) is 17.8 Å². The minimum absolute atomic E-state index is 0.209. The number of anilines is 1. The van der Waals surface area contributed by atoms with Gasteiger partial charge in [-0.15, -0.1) is 5.10 Å². The Hall–Kier alpha value is -1.37. The second kappa shape index (κ2) is 5.99. The van der Waals surface area contributed by atoms with Crippen LogP contribution in [0.5, 0.6) is 0 Å². The summed E-state index contributed by atoms with van der Waals surface area (Å²) in [7, 11) is 1.34. The Balaban J connectivity index is 2.59. The van der Waals surface area contributed by atoms with Gasteiger partial charge in [-0.05, 0) is 12.1 Å². The number of halogens is 3. The summed E-state index contributed by atoms with van der Waals surface area (Å²) in [5, 5.41) is 10.8. The van der Waals surface area contributed by atoms with Crippen LogP contribution in [0.1, 0.15) is 19.5 Å². The van der Waals surface area contributed by atoms with Gasteiger partial charge in [0.2, 0.25) is 0 Å². The van der Waals surface area contributed by atoms with Crippen molar-refractivity contribution in [1.29, 1.82) is 0 Å². The van der Waals surface area contributed by atoms with E-state index in [1.54, 1.807) is 6.07 Å². The molecule has 0 saturated heterocycles. The number of aromatic nitrogens is 2. The first-order valence-corrected chi connectivity index (χ1v) is 5.62. The first-order valence-electron chi connectivity index (χ1n) is 5.62. The molecule has 0 bridgehead atoms. The summed E-state index contributed by atoms with van der Waals surface area (Å²) in [4.78, 5) is 1.02. The Kier molecular flexibility index (Phi) is 4.89. The van der Waals surface area contributed by atoms with E-state index < -0.39 is 12.7 Å². The number of hydrogen-bond acceptors (Lipinski definition) is 4. The second-order valence-corrected chi connectivity index (χ2v) is 4.39. The molecule has 0 radical (unpaired) electrons. The van der Waals surface area contributed by atoms with Crippen LogP contribution in [0.15, 0.2) is 12.1 Å². The molecule has 0 saturated carbocycles. The molecule has 1 rings (SSSR count). The lowest BCUT2D eigenvalue weighted by Gasteiger charge is -2.19. The minimum Gasteiger partial charge on any atom is -0.349 e. The molecular weight excluding hydrogens is 245 g/mol. The van der Waals surface area contributed by atoms with Crippen molar-refractivity contribution in [2.45, 2.75) is 32.6 Å². The van der Waals surface area contributed by atoms with E-state index >= 15 is 0 Å². The van der Waals surface area contributed by atoms with Crippen LogP contribution in [0.2, 0.25) is 0 Å². The van der Waals surface area contributed by atoms with Crippen LogP contribution in [0.3, 0.4) is 0 Å². The number of nitrogens with zero attached hydrogens (tertiary/aromatic N) is 3. The van der Waals surface area contributed by atoms with E-state index in [1.165, 1.54) is 13.1 Å². The van der Waals surface area contributed by atoms with Crippen LogP contribution >= 0.6 is 0 Å². The maximum Gasteiger partial charge on any atom is 0.405 e. The normalized spacial score (nSPS) is 11.9. The van der Waals surface area contributed by atoms with Gasteiger partial charge in [0.25, 0.3) is 0 Å². The SMILES string of the molecule is CC(C)NCc1ccc(N(C)CC(F)(F)F)nn1. The van der Waals surface area contributed by atoms with Crippen molar-refractivity contribution >= 4 is 5.82 Å². The van der Waals surface area contributed by atoms with Crippen LogP contribution in [0.25, 0.3) is 0 Å². The quantitative estimate of drug-likeness (QED) is 0.881. The molecular formula is C11H17F3N4. The molecule has 0 aromatic carbocycles. The molecule has 102 valence electrons. The summed E-state index contributed by atoms with van der Waals surface area (Å²) in [6, 6.07) is 3.53. The summed E-state index contributed by atoms with van der Waals surface area (Å²) >= 11 is 0. The van der Waals surface area contributed by atoms with Crippen LogP contribution in [0.4, 0.5) is 19.0 Å². The lowest BCUT2D eigenvalue weighted by atomic mass is 10.3. The molecule has 4 nitrogen and oxygen atoms in total. The minimum atomic E-state index is -4.24. The monoisotopic (exact) mass is 262 g/mol. The van der Waals surface area contributed by atoms with E-state index in [0.717, 1.165) is 4.90 Å². The first-order chi connectivity index (χ1) is 8.28. The summed E-state index contributed by atoms with van der Waals surface area (Å²) in [5.74, 6) is 0.209. The average Bonchev–Trinajstić information content (AvgIpc) is 2.24. The number of rotatable bonds is 5. The molecule has 0 amide bonds. The molecule has 0 aliphatic heterocycles. The summed E-state index contributed by atoms with van der Waals surface area (Å²) in [5.41, 5.74) is 0.702. The zero-order valence-electron chi connectivity index (χ0n) is 10.6. The molecule has 1 aromatic heterocycles. The van der Waals surface area contributed by atoms with Crippen LogP contribution in [0, 0.1) is 0 Å². The van der Waals surface area contributed by atoms with E-state index in [2.05, 4.69) is 15.5 Å². The maximum absolute atomic E-state index is 12.2. The molecule has 1 heterocycles. The maximum atomic E-state index is 12.2. The molecule has 0 spiro atoms. The van der Waals surface area contributed by atoms with Crippen molar-refractivity contribution in [2.24, 2.45) is 0 Å². The molecule has 1 aromatic rings. The zero-order valence-corrected chi connectivity index (χ0v) is 10.6. The molecule has 0 atom stereocenters. The largest absolute Gasteiger partial charge is 0.405 e. The fourth-order valence-corrected chi connectivity index (χ4v) is 1.31. The first kappa shape index (κ1) is 14.7. The predicted molar refractivity (Wildman–Crippen MR) is 63.3 cm³/mol. The van der Waals surface area contributed by atoms with Crippen LogP contribution in [-0.4, -0.2) is 36.0 Å². The highest BCUT2D eigenvalue weighted by atomic mass is 19.4. The molecule has 0 aliphatic rings. The van der Waals surface area contributed by atoms with Gasteiger partial charge >= 0.3 is 6.18 Å². The molecule has 0 fully saturated rings. The number of nitrogens with one attached hydrogen (secondary N) is 1. The van der Waals surface area contributed by atoms with E-state index in [-0.39, 0.29) is 5.82 Å². The fraction of sp³-hybridized carbons (Fsp3) is 0.636. The topological polar surface area (TPSA) is 41.0 Å². The van der Waals surface area contributed by atoms with Crippen molar-refractivity contribution in [2.75, 3.05) is 18.5 Å². The van der Waals surface area contributed by atoms with E-state index in [0.29, 0.717) is 18.3 Å². The smallest absolute Gasteiger partial charge is 0.349 e. The predicted octanol–water partition coefficient (Wildman–Crippen LogP) is 1.97. The number of hydrogen-bond donors (Lipinski definition) is 1. The van der Waals surface area contributed by atoms with Crippen molar-refractivity contribution in [3.8, 4) is 0 Å². The highest BCUT2D eigenvalue weighted by molar-refractivity contribution is 5.36. The van der Waals surface area contributed by atoms with E-state index in [9.17, 15) is 13.2 Å². The third-order valence-corrected chi connectivity index (χ3v) is 2.20. The highest BCUT2D eigenvalue weighted by Crippen LogP contribution is 2.18. The van der Waals surface area contributed by atoms with E-state index in [4.69, 9.17) is 0 Å². The molecule has 0 unspecified atom stereocenters. The van der Waals surface area contributed by atoms with Gasteiger partial charge < -0.3 is 10.2 Å². The van der Waals surface area contributed by atoms with Crippen LogP contribution < -0.4 is 10.2 Å². The van der Waals surface area contributed by atoms with Gasteiger partial charge in [-0.3, -0.25) is 0 Å². The van der Waals surface area contributed by atoms with Gasteiger partial charge in [0.15, 0.2) is 5.82 Å². The van der Waals surface area contributed by atoms with Crippen molar-refractivity contribution in [3.63, 3.8) is 0 Å². The summed E-state index contributed by atoms with van der Waals surface area (Å²) in [6.07, 6.45) is -4.24. The Bertz CT molecular complexity index is 362. The fourth-order valence-electron chi connectivity index (χ4n) is 1.31. The van der Waals surface area contributed by atoms with Gasteiger partial charge in [0.1, 0.15) is 6.54 Å². The average molecular weight is 262 g/mol. The Morgan fingerprint density at radius 1 is 1.28 bits per heavy atom. The third kappa shape index (κ3) is 5.31. The Morgan fingerprint density at radius 3 is 2.39 bits per heavy atom. The second-order valence-electron chi connectivity index (χ2n) is 4.39. The summed E-state index contributed by atoms with van der Waals surface area (Å²) in [6.45, 7) is 3.51. The Morgan fingerprint density at radius 2 is 1.94 bits per heavy atom. The van der Waals surface area contributed by atoms with Gasteiger partial charge in [0, 0.05) is 19.6 Å². The molecule has 18 heavy (non-hydrogen) atoms. The lowest BCUT2D eigenvalue weighted by molar-refractivity contribution is -0.119. The van der Waals surface area contributed by atoms with E-state index in [1.807, 2.05) is 13.8 Å². The van der Waals surface area contributed by atoms with Gasteiger partial charge in [-0.2, -0.15) is 18.3 Å². The summed E-state index contributed by atoms with van der Waals surface area (Å²) < 4.78 is 36.5. The van der Waals surface area contributed by atoms with Crippen LogP contribution in [-0.2, 0) is 6.54 Å². The standard InChI is InChI=1S/C11H17F3N4/c1-8(2)15-6-9-4-5-10(17-16-9)18(3)7-11(12,13)14/h4-5,8,15H,6-7H2,1-3H3. The molecule has 1 N–H and O–H groups in total. The van der Waals surface area contributed by atoms with Gasteiger partial charge in [-0.1, -0.05) is 13.8 Å². The zero-order chi connectivity index (χ0) is 13.8. The van der Waals surface area contributed by atoms with Crippen molar-refractivity contribution < 1.29 is 13.2 Å². The molecule has 0 aliphatic carbocycles. The van der Waals surface area contributed by atoms with Gasteiger partial charge in [-0.25, -0.2) is 0 Å². The highest BCUT2D eigenvalue weighted by Gasteiger charge is 2.29. The third-order valence-electron chi connectivity index (χ3n) is 2.20. The Labute approximate surface area is 104 Å².